The molecular formula is C32H43ClO5. The van der Waals surface area contributed by atoms with Gasteiger partial charge >= 0.3 is 5.97 Å². The Bertz CT molecular complexity index is 1210. The van der Waals surface area contributed by atoms with E-state index < -0.39 is 27.1 Å². The predicted molar refractivity (Wildman–Crippen MR) is 146 cm³/mol. The quantitative estimate of drug-likeness (QED) is 0.211. The molecule has 0 unspecified atom stereocenters. The van der Waals surface area contributed by atoms with Crippen LogP contribution in [0.3, 0.4) is 0 Å². The third-order valence-electron chi connectivity index (χ3n) is 12.7. The van der Waals surface area contributed by atoms with Crippen LogP contribution in [0.2, 0.25) is 0 Å². The third-order valence-corrected chi connectivity index (χ3v) is 12.9. The van der Waals surface area contributed by atoms with Gasteiger partial charge in [0.15, 0.2) is 17.3 Å². The number of allylic oxidation sites excluding steroid dienone is 3. The first-order valence-electron chi connectivity index (χ1n) is 14.2. The minimum atomic E-state index is -0.989. The van der Waals surface area contributed by atoms with Crippen LogP contribution in [-0.2, 0) is 23.9 Å². The van der Waals surface area contributed by atoms with Gasteiger partial charge in [0.1, 0.15) is 0 Å². The minimum absolute atomic E-state index is 0.0245. The first-order valence-corrected chi connectivity index (χ1v) is 14.7. The molecule has 38 heavy (non-hydrogen) atoms. The number of ketones is 3. The van der Waals surface area contributed by atoms with Gasteiger partial charge in [0.25, 0.3) is 0 Å². The van der Waals surface area contributed by atoms with Crippen molar-refractivity contribution in [3.8, 4) is 0 Å². The highest BCUT2D eigenvalue weighted by molar-refractivity contribution is 6.36. The number of ether oxygens (including phenoxy) is 1. The molecule has 0 aromatic rings. The fourth-order valence-corrected chi connectivity index (χ4v) is 10.5. The number of methoxy groups -OCH3 is 1. The first-order chi connectivity index (χ1) is 17.5. The summed E-state index contributed by atoms with van der Waals surface area (Å²) in [5.74, 6) is -1.26. The summed E-state index contributed by atoms with van der Waals surface area (Å²) in [4.78, 5) is 55.2. The normalized spacial score (nSPS) is 46.3. The van der Waals surface area contributed by atoms with E-state index in [1.807, 2.05) is 20.8 Å². The van der Waals surface area contributed by atoms with Crippen molar-refractivity contribution in [1.29, 1.82) is 0 Å². The van der Waals surface area contributed by atoms with Gasteiger partial charge in [0.05, 0.1) is 23.5 Å². The fourth-order valence-electron chi connectivity index (χ4n) is 10.3. The Morgan fingerprint density at radius 1 is 0.947 bits per heavy atom. The Hall–Kier alpha value is -1.75. The Kier molecular flexibility index (Phi) is 5.96. The Morgan fingerprint density at radius 2 is 1.58 bits per heavy atom. The molecule has 5 aliphatic carbocycles. The van der Waals surface area contributed by atoms with Crippen molar-refractivity contribution in [3.63, 3.8) is 0 Å². The maximum atomic E-state index is 14.4. The Morgan fingerprint density at radius 3 is 2.18 bits per heavy atom. The van der Waals surface area contributed by atoms with Gasteiger partial charge < -0.3 is 4.74 Å². The van der Waals surface area contributed by atoms with Gasteiger partial charge in [0, 0.05) is 16.9 Å². The molecule has 0 aliphatic heterocycles. The Labute approximate surface area is 232 Å². The minimum Gasteiger partial charge on any atom is -0.469 e. The van der Waals surface area contributed by atoms with E-state index in [9.17, 15) is 19.2 Å². The molecule has 6 heteroatoms. The zero-order valence-electron chi connectivity index (χ0n) is 24.3. The standard InChI is InChI=1S/C32H43ClO5/c1-27(2)11-13-32(26(37)38-8)14-12-30(6)23(19(32)16-27)20(34)15-22-29(30,5)10-9-21-28(3,4)24(35)18(17-33)25(36)31(21,22)7/h15,17,19,21,23H,9-14,16H2,1-8H3/t19-,21-,23-,29+,30+,31-,32-/m0/s1. The van der Waals surface area contributed by atoms with E-state index in [4.69, 9.17) is 16.3 Å². The molecule has 4 fully saturated rings. The lowest BCUT2D eigenvalue weighted by atomic mass is 9.33. The van der Waals surface area contributed by atoms with Crippen molar-refractivity contribution >= 4 is 34.9 Å². The average molecular weight is 543 g/mol. The molecule has 0 N–H and O–H groups in total. The highest BCUT2D eigenvalue weighted by Gasteiger charge is 2.72. The fraction of sp³-hybridized carbons (Fsp3) is 0.750. The lowest BCUT2D eigenvalue weighted by molar-refractivity contribution is -0.192. The van der Waals surface area contributed by atoms with Gasteiger partial charge in [0.2, 0.25) is 0 Å². The van der Waals surface area contributed by atoms with Crippen LogP contribution in [0.1, 0.15) is 93.4 Å². The molecule has 0 radical (unpaired) electrons. The number of Topliss-reactive ketones (excluding diaryl/α,β-unsaturated/α-hetero) is 2. The van der Waals surface area contributed by atoms with Crippen LogP contribution >= 0.6 is 11.6 Å². The Balaban J connectivity index is 1.71. The van der Waals surface area contributed by atoms with Crippen LogP contribution in [0, 0.1) is 50.2 Å². The summed E-state index contributed by atoms with van der Waals surface area (Å²) < 4.78 is 5.39. The number of carbonyl (C=O) groups is 4. The van der Waals surface area contributed by atoms with E-state index >= 15 is 0 Å². The largest absolute Gasteiger partial charge is 0.469 e. The van der Waals surface area contributed by atoms with Crippen molar-refractivity contribution in [1.82, 2.24) is 0 Å². The zero-order valence-corrected chi connectivity index (χ0v) is 25.0. The molecule has 5 rings (SSSR count). The van der Waals surface area contributed by atoms with Crippen LogP contribution in [0.25, 0.3) is 0 Å². The number of esters is 1. The average Bonchev–Trinajstić information content (AvgIpc) is 2.84. The number of halogens is 1. The lowest BCUT2D eigenvalue weighted by Crippen LogP contribution is -2.67. The maximum Gasteiger partial charge on any atom is 0.312 e. The third kappa shape index (κ3) is 3.12. The molecule has 0 amide bonds. The number of hydrogen-bond acceptors (Lipinski definition) is 5. The summed E-state index contributed by atoms with van der Waals surface area (Å²) in [6.45, 7) is 14.7. The van der Waals surface area contributed by atoms with Gasteiger partial charge in [-0.1, -0.05) is 53.1 Å². The summed E-state index contributed by atoms with van der Waals surface area (Å²) >= 11 is 6.10. The van der Waals surface area contributed by atoms with Gasteiger partial charge in [-0.2, -0.15) is 0 Å². The summed E-state index contributed by atoms with van der Waals surface area (Å²) in [6, 6.07) is 0. The smallest absolute Gasteiger partial charge is 0.312 e. The monoisotopic (exact) mass is 542 g/mol. The summed E-state index contributed by atoms with van der Waals surface area (Å²) in [6.07, 6.45) is 7.16. The molecule has 7 atom stereocenters. The molecule has 0 saturated heterocycles. The molecule has 4 saturated carbocycles. The van der Waals surface area contributed by atoms with E-state index in [1.54, 1.807) is 6.08 Å². The molecule has 5 nitrogen and oxygen atoms in total. The molecule has 0 spiro atoms. The van der Waals surface area contributed by atoms with Crippen molar-refractivity contribution < 1.29 is 23.9 Å². The van der Waals surface area contributed by atoms with Crippen LogP contribution in [0.4, 0.5) is 0 Å². The predicted octanol–water partition coefficient (Wildman–Crippen LogP) is 6.62. The number of rotatable bonds is 1. The van der Waals surface area contributed by atoms with E-state index in [1.165, 1.54) is 7.11 Å². The second kappa shape index (κ2) is 8.15. The van der Waals surface area contributed by atoms with Crippen LogP contribution in [-0.4, -0.2) is 30.4 Å². The topological polar surface area (TPSA) is 77.5 Å². The van der Waals surface area contributed by atoms with Crippen molar-refractivity contribution in [3.05, 3.63) is 22.8 Å². The summed E-state index contributed by atoms with van der Waals surface area (Å²) in [5.41, 5.74) is -1.17. The summed E-state index contributed by atoms with van der Waals surface area (Å²) in [5, 5.41) is 0. The van der Waals surface area contributed by atoms with E-state index in [0.717, 1.165) is 49.6 Å². The van der Waals surface area contributed by atoms with Crippen LogP contribution in [0.15, 0.2) is 22.8 Å². The van der Waals surface area contributed by atoms with Crippen molar-refractivity contribution in [2.45, 2.75) is 93.4 Å². The molecule has 5 aliphatic rings. The van der Waals surface area contributed by atoms with Crippen molar-refractivity contribution in [2.24, 2.45) is 50.2 Å². The molecule has 208 valence electrons. The molecule has 0 aromatic carbocycles. The molecule has 0 heterocycles. The van der Waals surface area contributed by atoms with Gasteiger partial charge in [-0.05, 0) is 91.6 Å². The van der Waals surface area contributed by atoms with E-state index in [-0.39, 0.29) is 52.1 Å². The first kappa shape index (κ1) is 27.8. The lowest BCUT2D eigenvalue weighted by Gasteiger charge is -2.68. The second-order valence-corrected chi connectivity index (χ2v) is 15.2. The zero-order chi connectivity index (χ0) is 28.3. The van der Waals surface area contributed by atoms with E-state index in [2.05, 4.69) is 27.7 Å². The highest BCUT2D eigenvalue weighted by Crippen LogP contribution is 2.74. The van der Waals surface area contributed by atoms with Gasteiger partial charge in [-0.3, -0.25) is 19.2 Å². The second-order valence-electron chi connectivity index (χ2n) is 15.0. The number of carbonyl (C=O) groups excluding carboxylic acids is 4. The maximum absolute atomic E-state index is 14.4. The van der Waals surface area contributed by atoms with E-state index in [0.29, 0.717) is 6.42 Å². The highest BCUT2D eigenvalue weighted by atomic mass is 35.5. The summed E-state index contributed by atoms with van der Waals surface area (Å²) in [7, 11) is 1.46. The molecular weight excluding hydrogens is 500 g/mol. The van der Waals surface area contributed by atoms with Crippen LogP contribution < -0.4 is 0 Å². The molecule has 0 bridgehead atoms. The van der Waals surface area contributed by atoms with Gasteiger partial charge in [-0.25, -0.2) is 0 Å². The number of hydrogen-bond donors (Lipinski definition) is 0. The SMILES string of the molecule is COC(=O)[C@]12CCC(C)(C)C[C@H]1[C@H]1C(=O)C=C3[C@@]4(C)C(=O)C(=CCl)C(=O)C(C)(C)[C@@H]4CC[C@@]3(C)[C@]1(C)CC2. The van der Waals surface area contributed by atoms with Crippen molar-refractivity contribution in [2.75, 3.05) is 7.11 Å². The van der Waals surface area contributed by atoms with Crippen LogP contribution in [0.5, 0.6) is 0 Å². The van der Waals surface area contributed by atoms with Gasteiger partial charge in [-0.15, -0.1) is 0 Å². The number of fused-ring (bicyclic) bond motifs is 7. The molecule has 0 aromatic heterocycles.